The van der Waals surface area contributed by atoms with Crippen LogP contribution < -0.4 is 4.74 Å². The van der Waals surface area contributed by atoms with Crippen LogP contribution >= 0.6 is 0 Å². The van der Waals surface area contributed by atoms with Gasteiger partial charge in [0.05, 0.1) is 5.56 Å². The van der Waals surface area contributed by atoms with Gasteiger partial charge in [-0.2, -0.15) is 0 Å². The largest absolute Gasteiger partial charge is 0.467 e. The van der Waals surface area contributed by atoms with E-state index in [1.165, 1.54) is 13.2 Å². The van der Waals surface area contributed by atoms with E-state index >= 15 is 0 Å². The molecule has 4 heteroatoms. The van der Waals surface area contributed by atoms with Gasteiger partial charge in [-0.3, -0.25) is 4.79 Å². The Bertz CT molecular complexity index is 693. The number of benzene rings is 2. The molecule has 22 heavy (non-hydrogen) atoms. The zero-order valence-corrected chi connectivity index (χ0v) is 12.3. The summed E-state index contributed by atoms with van der Waals surface area (Å²) in [5.41, 5.74) is 2.80. The number of ether oxygens (including phenoxy) is 2. The molecule has 0 N–H and O–H groups in total. The minimum absolute atomic E-state index is 0.0420. The van der Waals surface area contributed by atoms with Gasteiger partial charge in [-0.1, -0.05) is 18.2 Å². The molecule has 3 rings (SSSR count). The van der Waals surface area contributed by atoms with Crippen molar-refractivity contribution in [3.05, 3.63) is 53.3 Å². The summed E-state index contributed by atoms with van der Waals surface area (Å²) >= 11 is 0. The highest BCUT2D eigenvalue weighted by Crippen LogP contribution is 2.46. The molecule has 114 valence electrons. The van der Waals surface area contributed by atoms with E-state index < -0.39 is 0 Å². The fraction of sp³-hybridized carbons (Fsp3) is 0.278. The second-order valence-corrected chi connectivity index (χ2v) is 5.40. The summed E-state index contributed by atoms with van der Waals surface area (Å²) in [5.74, 6) is 0.533. The predicted octanol–water partition coefficient (Wildman–Crippen LogP) is 4.17. The minimum atomic E-state index is -0.277. The van der Waals surface area contributed by atoms with Crippen molar-refractivity contribution >= 4 is 6.29 Å². The predicted molar refractivity (Wildman–Crippen MR) is 81.7 cm³/mol. The quantitative estimate of drug-likeness (QED) is 0.593. The summed E-state index contributed by atoms with van der Waals surface area (Å²) in [7, 11) is 1.51. The second kappa shape index (κ2) is 6.28. The van der Waals surface area contributed by atoms with Gasteiger partial charge in [-0.25, -0.2) is 4.39 Å². The van der Waals surface area contributed by atoms with E-state index in [0.717, 1.165) is 30.3 Å². The summed E-state index contributed by atoms with van der Waals surface area (Å²) in [6.45, 7) is 0.0420. The van der Waals surface area contributed by atoms with Gasteiger partial charge in [0, 0.05) is 12.7 Å². The van der Waals surface area contributed by atoms with Crippen LogP contribution in [0.1, 0.15) is 34.7 Å². The molecular weight excluding hydrogens is 283 g/mol. The Kier molecular flexibility index (Phi) is 4.20. The summed E-state index contributed by atoms with van der Waals surface area (Å²) < 4.78 is 24.5. The fourth-order valence-electron chi connectivity index (χ4n) is 2.60. The van der Waals surface area contributed by atoms with E-state index in [4.69, 9.17) is 9.47 Å². The van der Waals surface area contributed by atoms with Gasteiger partial charge in [0.1, 0.15) is 11.6 Å². The maximum atomic E-state index is 14.2. The number of halogens is 1. The number of aldehydes is 1. The van der Waals surface area contributed by atoms with Crippen LogP contribution in [0.4, 0.5) is 4.39 Å². The molecule has 0 atom stereocenters. The van der Waals surface area contributed by atoms with Crippen LogP contribution in [0, 0.1) is 5.82 Å². The topological polar surface area (TPSA) is 35.5 Å². The fourth-order valence-corrected chi connectivity index (χ4v) is 2.60. The van der Waals surface area contributed by atoms with Crippen molar-refractivity contribution in [3.8, 4) is 16.9 Å². The molecule has 0 heterocycles. The molecule has 1 fully saturated rings. The van der Waals surface area contributed by atoms with Crippen molar-refractivity contribution in [2.45, 2.75) is 18.8 Å². The highest BCUT2D eigenvalue weighted by Gasteiger charge is 2.28. The number of hydrogen-bond acceptors (Lipinski definition) is 3. The first-order valence-corrected chi connectivity index (χ1v) is 7.24. The maximum Gasteiger partial charge on any atom is 0.188 e. The highest BCUT2D eigenvalue weighted by molar-refractivity contribution is 5.84. The SMILES string of the molecule is COCOc1cc(-c2ccccc2F)c(C2CC2)cc1C=O. The van der Waals surface area contributed by atoms with Crippen LogP contribution in [0.5, 0.6) is 5.75 Å². The third-order valence-electron chi connectivity index (χ3n) is 3.82. The summed E-state index contributed by atoms with van der Waals surface area (Å²) in [6.07, 6.45) is 2.90. The molecule has 2 aromatic carbocycles. The molecule has 0 amide bonds. The smallest absolute Gasteiger partial charge is 0.188 e. The van der Waals surface area contributed by atoms with Gasteiger partial charge < -0.3 is 9.47 Å². The van der Waals surface area contributed by atoms with E-state index in [9.17, 15) is 9.18 Å². The van der Waals surface area contributed by atoms with Crippen molar-refractivity contribution in [2.24, 2.45) is 0 Å². The van der Waals surface area contributed by atoms with Crippen molar-refractivity contribution in [2.75, 3.05) is 13.9 Å². The normalized spacial score (nSPS) is 13.9. The van der Waals surface area contributed by atoms with E-state index in [2.05, 4.69) is 0 Å². The molecule has 0 saturated heterocycles. The Morgan fingerprint density at radius 2 is 2.00 bits per heavy atom. The number of methoxy groups -OCH3 is 1. The monoisotopic (exact) mass is 300 g/mol. The second-order valence-electron chi connectivity index (χ2n) is 5.40. The van der Waals surface area contributed by atoms with E-state index in [-0.39, 0.29) is 12.6 Å². The lowest BCUT2D eigenvalue weighted by atomic mass is 9.94. The summed E-state index contributed by atoms with van der Waals surface area (Å²) in [5, 5.41) is 0. The van der Waals surface area contributed by atoms with Crippen molar-refractivity contribution in [1.82, 2.24) is 0 Å². The number of carbonyl (C=O) groups excluding carboxylic acids is 1. The molecule has 0 bridgehead atoms. The van der Waals surface area contributed by atoms with Gasteiger partial charge in [-0.05, 0) is 48.1 Å². The van der Waals surface area contributed by atoms with Gasteiger partial charge in [0.2, 0.25) is 0 Å². The van der Waals surface area contributed by atoms with Crippen LogP contribution in [0.3, 0.4) is 0 Å². The Balaban J connectivity index is 2.14. The van der Waals surface area contributed by atoms with Crippen LogP contribution in [0.2, 0.25) is 0 Å². The minimum Gasteiger partial charge on any atom is -0.467 e. The number of rotatable bonds is 6. The average molecular weight is 300 g/mol. The lowest BCUT2D eigenvalue weighted by Gasteiger charge is -2.15. The molecule has 1 saturated carbocycles. The Morgan fingerprint density at radius 1 is 1.23 bits per heavy atom. The van der Waals surface area contributed by atoms with Crippen molar-refractivity contribution in [1.29, 1.82) is 0 Å². The van der Waals surface area contributed by atoms with Crippen LogP contribution in [0.25, 0.3) is 11.1 Å². The molecule has 1 aliphatic carbocycles. The molecule has 0 unspecified atom stereocenters. The molecule has 0 radical (unpaired) electrons. The zero-order valence-electron chi connectivity index (χ0n) is 12.3. The van der Waals surface area contributed by atoms with Gasteiger partial charge in [0.15, 0.2) is 13.1 Å². The molecule has 0 aromatic heterocycles. The molecule has 0 spiro atoms. The zero-order chi connectivity index (χ0) is 15.5. The summed E-state index contributed by atoms with van der Waals surface area (Å²) in [6, 6.07) is 10.2. The lowest BCUT2D eigenvalue weighted by Crippen LogP contribution is -2.03. The standard InChI is InChI=1S/C18H17FO3/c1-21-11-22-18-9-16(14-4-2-3-5-17(14)19)15(12-6-7-12)8-13(18)10-20/h2-5,8-10,12H,6-7,11H2,1H3. The van der Waals surface area contributed by atoms with E-state index in [1.807, 2.05) is 6.07 Å². The summed E-state index contributed by atoms with van der Waals surface area (Å²) in [4.78, 5) is 11.3. The third-order valence-corrected chi connectivity index (χ3v) is 3.82. The molecule has 3 nitrogen and oxygen atoms in total. The van der Waals surface area contributed by atoms with Crippen LogP contribution in [0.15, 0.2) is 36.4 Å². The van der Waals surface area contributed by atoms with E-state index in [1.54, 1.807) is 24.3 Å². The van der Waals surface area contributed by atoms with Crippen molar-refractivity contribution < 1.29 is 18.7 Å². The average Bonchev–Trinajstić information content (AvgIpc) is 3.37. The number of carbonyl (C=O) groups is 1. The first-order valence-electron chi connectivity index (χ1n) is 7.24. The molecule has 0 aliphatic heterocycles. The molecule has 2 aromatic rings. The Labute approximate surface area is 128 Å². The molecular formula is C18H17FO3. The molecule has 1 aliphatic rings. The first-order chi connectivity index (χ1) is 10.7. The van der Waals surface area contributed by atoms with E-state index in [0.29, 0.717) is 22.8 Å². The Hall–Kier alpha value is -2.20. The number of hydrogen-bond donors (Lipinski definition) is 0. The van der Waals surface area contributed by atoms with Crippen LogP contribution in [-0.2, 0) is 4.74 Å². The highest BCUT2D eigenvalue weighted by atomic mass is 19.1. The lowest BCUT2D eigenvalue weighted by molar-refractivity contribution is 0.0505. The Morgan fingerprint density at radius 3 is 2.64 bits per heavy atom. The van der Waals surface area contributed by atoms with Gasteiger partial charge >= 0.3 is 0 Å². The van der Waals surface area contributed by atoms with Crippen LogP contribution in [-0.4, -0.2) is 20.2 Å². The van der Waals surface area contributed by atoms with Crippen molar-refractivity contribution in [3.63, 3.8) is 0 Å². The maximum absolute atomic E-state index is 14.2. The third kappa shape index (κ3) is 2.88. The van der Waals surface area contributed by atoms with Gasteiger partial charge in [0.25, 0.3) is 0 Å². The van der Waals surface area contributed by atoms with Gasteiger partial charge in [-0.15, -0.1) is 0 Å². The first kappa shape index (κ1) is 14.7.